The van der Waals surface area contributed by atoms with Crippen LogP contribution in [-0.2, 0) is 4.74 Å². The lowest BCUT2D eigenvalue weighted by Crippen LogP contribution is -2.50. The summed E-state index contributed by atoms with van der Waals surface area (Å²) in [4.78, 5) is 16.4. The van der Waals surface area contributed by atoms with Crippen molar-refractivity contribution in [2.45, 2.75) is 38.3 Å². The molecule has 2 heterocycles. The van der Waals surface area contributed by atoms with E-state index in [-0.39, 0.29) is 24.2 Å². The predicted molar refractivity (Wildman–Crippen MR) is 78.7 cm³/mol. The van der Waals surface area contributed by atoms with Gasteiger partial charge in [-0.3, -0.25) is 9.78 Å². The number of nitrogens with one attached hydrogen (secondary N) is 1. The van der Waals surface area contributed by atoms with E-state index < -0.39 is 0 Å². The molecule has 0 bridgehead atoms. The Labute approximate surface area is 124 Å². The van der Waals surface area contributed by atoms with Gasteiger partial charge in [-0.15, -0.1) is 0 Å². The minimum Gasteiger partial charge on any atom is -0.395 e. The van der Waals surface area contributed by atoms with E-state index in [0.717, 1.165) is 6.42 Å². The van der Waals surface area contributed by atoms with Crippen LogP contribution in [-0.4, -0.2) is 40.9 Å². The van der Waals surface area contributed by atoms with Crippen LogP contribution in [0.2, 0.25) is 0 Å². The molecule has 1 aromatic rings. The molecule has 112 valence electrons. The topological polar surface area (TPSA) is 71.5 Å². The zero-order chi connectivity index (χ0) is 15.3. The van der Waals surface area contributed by atoms with Crippen molar-refractivity contribution >= 4 is 5.91 Å². The van der Waals surface area contributed by atoms with Crippen molar-refractivity contribution in [3.63, 3.8) is 0 Å². The number of carbonyl (C=O) groups is 1. The second kappa shape index (κ2) is 6.70. The molecule has 0 spiro atoms. The molecule has 5 nitrogen and oxygen atoms in total. The first-order valence-corrected chi connectivity index (χ1v) is 7.04. The third-order valence-corrected chi connectivity index (χ3v) is 3.76. The van der Waals surface area contributed by atoms with E-state index in [1.54, 1.807) is 12.3 Å². The van der Waals surface area contributed by atoms with Crippen molar-refractivity contribution in [3.05, 3.63) is 29.6 Å². The van der Waals surface area contributed by atoms with Gasteiger partial charge in [-0.25, -0.2) is 0 Å². The molecule has 0 aromatic carbocycles. The Morgan fingerprint density at radius 3 is 3.10 bits per heavy atom. The number of nitrogens with zero attached hydrogens (tertiary/aromatic N) is 1. The van der Waals surface area contributed by atoms with Crippen LogP contribution in [0.4, 0.5) is 0 Å². The molecule has 2 atom stereocenters. The minimum atomic E-state index is -0.352. The quantitative estimate of drug-likeness (QED) is 0.817. The normalized spacial score (nSPS) is 24.2. The van der Waals surface area contributed by atoms with Gasteiger partial charge in [0.1, 0.15) is 0 Å². The number of aliphatic hydroxyl groups is 1. The van der Waals surface area contributed by atoms with Crippen LogP contribution < -0.4 is 5.32 Å². The SMILES string of the molecule is CC1OCCC1(C)NC(=O)c1cncc(C#CCCO)c1. The molecule has 0 saturated carbocycles. The van der Waals surface area contributed by atoms with Crippen molar-refractivity contribution in [2.24, 2.45) is 0 Å². The molecule has 2 unspecified atom stereocenters. The molecular weight excluding hydrogens is 268 g/mol. The monoisotopic (exact) mass is 288 g/mol. The maximum atomic E-state index is 12.3. The Hall–Kier alpha value is -1.90. The smallest absolute Gasteiger partial charge is 0.253 e. The largest absolute Gasteiger partial charge is 0.395 e. The van der Waals surface area contributed by atoms with Crippen LogP contribution in [0.3, 0.4) is 0 Å². The fraction of sp³-hybridized carbons (Fsp3) is 0.500. The second-order valence-corrected chi connectivity index (χ2v) is 5.37. The summed E-state index contributed by atoms with van der Waals surface area (Å²) in [7, 11) is 0. The number of amides is 1. The van der Waals surface area contributed by atoms with E-state index in [4.69, 9.17) is 9.84 Å². The lowest BCUT2D eigenvalue weighted by Gasteiger charge is -2.28. The maximum absolute atomic E-state index is 12.3. The molecule has 21 heavy (non-hydrogen) atoms. The summed E-state index contributed by atoms with van der Waals surface area (Å²) in [5.74, 6) is 5.52. The van der Waals surface area contributed by atoms with E-state index in [1.807, 2.05) is 13.8 Å². The predicted octanol–water partition coefficient (Wildman–Crippen LogP) is 1.11. The van der Waals surface area contributed by atoms with Gasteiger partial charge < -0.3 is 15.2 Å². The summed E-state index contributed by atoms with van der Waals surface area (Å²) in [5, 5.41) is 11.7. The van der Waals surface area contributed by atoms with Gasteiger partial charge in [0.25, 0.3) is 5.91 Å². The summed E-state index contributed by atoms with van der Waals surface area (Å²) in [6.45, 7) is 4.63. The zero-order valence-electron chi connectivity index (χ0n) is 12.3. The molecule has 0 radical (unpaired) electrons. The average Bonchev–Trinajstić information content (AvgIpc) is 2.79. The van der Waals surface area contributed by atoms with Crippen molar-refractivity contribution in [1.82, 2.24) is 10.3 Å². The summed E-state index contributed by atoms with van der Waals surface area (Å²) in [6.07, 6.45) is 4.31. The summed E-state index contributed by atoms with van der Waals surface area (Å²) < 4.78 is 5.52. The number of aliphatic hydroxyl groups excluding tert-OH is 1. The molecule has 2 N–H and O–H groups in total. The van der Waals surface area contributed by atoms with Crippen LogP contribution >= 0.6 is 0 Å². The highest BCUT2D eigenvalue weighted by molar-refractivity contribution is 5.94. The summed E-state index contributed by atoms with van der Waals surface area (Å²) in [5.41, 5.74) is 0.790. The Bertz CT molecular complexity index is 576. The highest BCUT2D eigenvalue weighted by atomic mass is 16.5. The minimum absolute atomic E-state index is 0.0121. The third-order valence-electron chi connectivity index (χ3n) is 3.76. The van der Waals surface area contributed by atoms with Crippen LogP contribution in [0.5, 0.6) is 0 Å². The van der Waals surface area contributed by atoms with Crippen molar-refractivity contribution < 1.29 is 14.6 Å². The molecule has 1 saturated heterocycles. The molecule has 1 aliphatic heterocycles. The van der Waals surface area contributed by atoms with Gasteiger partial charge in [0.2, 0.25) is 0 Å². The fourth-order valence-corrected chi connectivity index (χ4v) is 2.18. The van der Waals surface area contributed by atoms with Crippen LogP contribution in [0.15, 0.2) is 18.5 Å². The summed E-state index contributed by atoms with van der Waals surface area (Å²) in [6, 6.07) is 1.70. The van der Waals surface area contributed by atoms with E-state index in [1.165, 1.54) is 6.20 Å². The van der Waals surface area contributed by atoms with Gasteiger partial charge in [0, 0.05) is 31.0 Å². The molecule has 5 heteroatoms. The molecule has 1 fully saturated rings. The molecule has 1 amide bonds. The van der Waals surface area contributed by atoms with E-state index in [2.05, 4.69) is 22.1 Å². The number of pyridine rings is 1. The van der Waals surface area contributed by atoms with Gasteiger partial charge in [-0.1, -0.05) is 11.8 Å². The number of aromatic nitrogens is 1. The number of rotatable bonds is 3. The molecule has 0 aliphatic carbocycles. The Morgan fingerprint density at radius 1 is 1.62 bits per heavy atom. The van der Waals surface area contributed by atoms with Gasteiger partial charge in [-0.2, -0.15) is 0 Å². The molecule has 1 aliphatic rings. The molecular formula is C16H20N2O3. The Kier molecular flexibility index (Phi) is 4.94. The van der Waals surface area contributed by atoms with Crippen molar-refractivity contribution in [3.8, 4) is 11.8 Å². The van der Waals surface area contributed by atoms with Crippen molar-refractivity contribution in [1.29, 1.82) is 0 Å². The van der Waals surface area contributed by atoms with Gasteiger partial charge in [0.05, 0.1) is 23.8 Å². The van der Waals surface area contributed by atoms with Gasteiger partial charge in [0.15, 0.2) is 0 Å². The van der Waals surface area contributed by atoms with Gasteiger partial charge >= 0.3 is 0 Å². The maximum Gasteiger partial charge on any atom is 0.253 e. The molecule has 1 aromatic heterocycles. The number of carbonyl (C=O) groups excluding carboxylic acids is 1. The third kappa shape index (κ3) is 3.81. The Morgan fingerprint density at radius 2 is 2.43 bits per heavy atom. The fourth-order valence-electron chi connectivity index (χ4n) is 2.18. The highest BCUT2D eigenvalue weighted by Crippen LogP contribution is 2.25. The second-order valence-electron chi connectivity index (χ2n) is 5.37. The van der Waals surface area contributed by atoms with Crippen molar-refractivity contribution in [2.75, 3.05) is 13.2 Å². The number of ether oxygens (including phenoxy) is 1. The first-order chi connectivity index (χ1) is 10.0. The molecule has 2 rings (SSSR count). The Balaban J connectivity index is 2.09. The average molecular weight is 288 g/mol. The van der Waals surface area contributed by atoms with Crippen LogP contribution in [0.25, 0.3) is 0 Å². The number of hydrogen-bond acceptors (Lipinski definition) is 4. The first kappa shape index (κ1) is 15.5. The standard InChI is InChI=1S/C16H20N2O3/c1-12-16(2,6-8-21-12)18-15(20)14-9-13(10-17-11-14)5-3-4-7-19/h9-12,19H,4,6-8H2,1-2H3,(H,18,20). The summed E-state index contributed by atoms with van der Waals surface area (Å²) >= 11 is 0. The lowest BCUT2D eigenvalue weighted by atomic mass is 9.94. The zero-order valence-corrected chi connectivity index (χ0v) is 12.3. The van der Waals surface area contributed by atoms with Gasteiger partial charge in [-0.05, 0) is 26.3 Å². The van der Waals surface area contributed by atoms with E-state index >= 15 is 0 Å². The first-order valence-electron chi connectivity index (χ1n) is 7.04. The van der Waals surface area contributed by atoms with Crippen LogP contribution in [0, 0.1) is 11.8 Å². The lowest BCUT2D eigenvalue weighted by molar-refractivity contribution is 0.0727. The number of hydrogen-bond donors (Lipinski definition) is 2. The highest BCUT2D eigenvalue weighted by Gasteiger charge is 2.38. The van der Waals surface area contributed by atoms with Crippen LogP contribution in [0.1, 0.15) is 42.6 Å². The van der Waals surface area contributed by atoms with E-state index in [0.29, 0.717) is 24.2 Å². The van der Waals surface area contributed by atoms with E-state index in [9.17, 15) is 4.79 Å².